The lowest BCUT2D eigenvalue weighted by atomic mass is 10.1. The number of thiophene rings is 1. The predicted molar refractivity (Wildman–Crippen MR) is 108 cm³/mol. The van der Waals surface area contributed by atoms with Crippen molar-refractivity contribution in [1.29, 1.82) is 0 Å². The van der Waals surface area contributed by atoms with Gasteiger partial charge in [0.05, 0.1) is 11.7 Å². The molecular weight excluding hydrogens is 360 g/mol. The standard InChI is InChI=1S/C20H22N4O2S/c1-13-2-4-14(5-3-13)16-11-27-19-18(16)20(26)24(12-22-19)9-7-17(25)23-15-6-8-21-10-15/h2-5,11-12,15,21H,6-10H2,1H3,(H,23,25). The summed E-state index contributed by atoms with van der Waals surface area (Å²) < 4.78 is 1.54. The Morgan fingerprint density at radius 2 is 2.19 bits per heavy atom. The van der Waals surface area contributed by atoms with Gasteiger partial charge in [0.1, 0.15) is 4.83 Å². The Morgan fingerprint density at radius 3 is 2.93 bits per heavy atom. The molecule has 1 unspecified atom stereocenters. The van der Waals surface area contributed by atoms with Gasteiger partial charge in [-0.15, -0.1) is 11.3 Å². The highest BCUT2D eigenvalue weighted by Crippen LogP contribution is 2.30. The molecule has 1 aliphatic heterocycles. The Labute approximate surface area is 161 Å². The molecule has 1 fully saturated rings. The summed E-state index contributed by atoms with van der Waals surface area (Å²) in [6.07, 6.45) is 2.77. The summed E-state index contributed by atoms with van der Waals surface area (Å²) >= 11 is 1.47. The van der Waals surface area contributed by atoms with Crippen molar-refractivity contribution in [2.75, 3.05) is 13.1 Å². The first-order valence-corrected chi connectivity index (χ1v) is 10.0. The molecule has 3 aromatic rings. The first kappa shape index (κ1) is 17.9. The summed E-state index contributed by atoms with van der Waals surface area (Å²) in [4.78, 5) is 30.3. The smallest absolute Gasteiger partial charge is 0.262 e. The minimum Gasteiger partial charge on any atom is -0.352 e. The van der Waals surface area contributed by atoms with E-state index in [-0.39, 0.29) is 23.9 Å². The second kappa shape index (κ2) is 7.62. The first-order valence-electron chi connectivity index (χ1n) is 9.15. The van der Waals surface area contributed by atoms with Crippen molar-refractivity contribution in [3.63, 3.8) is 0 Å². The van der Waals surface area contributed by atoms with Crippen molar-refractivity contribution >= 4 is 27.5 Å². The Hall–Kier alpha value is -2.51. The topological polar surface area (TPSA) is 76.0 Å². The van der Waals surface area contributed by atoms with Gasteiger partial charge in [0.25, 0.3) is 5.56 Å². The van der Waals surface area contributed by atoms with Crippen LogP contribution in [0.15, 0.2) is 40.8 Å². The molecule has 4 rings (SSSR count). The van der Waals surface area contributed by atoms with Gasteiger partial charge in [0.15, 0.2) is 0 Å². The maximum absolute atomic E-state index is 13.0. The van der Waals surface area contributed by atoms with E-state index in [0.717, 1.165) is 35.5 Å². The van der Waals surface area contributed by atoms with Crippen molar-refractivity contribution in [1.82, 2.24) is 20.2 Å². The molecule has 2 aromatic heterocycles. The van der Waals surface area contributed by atoms with E-state index in [1.807, 2.05) is 36.6 Å². The zero-order valence-electron chi connectivity index (χ0n) is 15.2. The van der Waals surface area contributed by atoms with Gasteiger partial charge in [0.2, 0.25) is 5.91 Å². The van der Waals surface area contributed by atoms with Gasteiger partial charge in [-0.1, -0.05) is 29.8 Å². The van der Waals surface area contributed by atoms with Gasteiger partial charge in [-0.3, -0.25) is 14.2 Å². The van der Waals surface area contributed by atoms with Gasteiger partial charge in [-0.05, 0) is 25.5 Å². The highest BCUT2D eigenvalue weighted by Gasteiger charge is 2.17. The molecule has 0 saturated carbocycles. The summed E-state index contributed by atoms with van der Waals surface area (Å²) in [7, 11) is 0. The van der Waals surface area contributed by atoms with Gasteiger partial charge in [-0.25, -0.2) is 4.98 Å². The number of hydrogen-bond acceptors (Lipinski definition) is 5. The number of carbonyl (C=O) groups excluding carboxylic acids is 1. The van der Waals surface area contributed by atoms with Crippen LogP contribution in [0.25, 0.3) is 21.3 Å². The molecule has 7 heteroatoms. The monoisotopic (exact) mass is 382 g/mol. The van der Waals surface area contributed by atoms with E-state index in [9.17, 15) is 9.59 Å². The fourth-order valence-electron chi connectivity index (χ4n) is 3.37. The molecule has 1 aliphatic rings. The normalized spacial score (nSPS) is 16.7. The van der Waals surface area contributed by atoms with Crippen LogP contribution < -0.4 is 16.2 Å². The average Bonchev–Trinajstić information content (AvgIpc) is 3.32. The Morgan fingerprint density at radius 1 is 1.37 bits per heavy atom. The third kappa shape index (κ3) is 3.79. The number of fused-ring (bicyclic) bond motifs is 1. The fraction of sp³-hybridized carbons (Fsp3) is 0.350. The lowest BCUT2D eigenvalue weighted by Gasteiger charge is -2.11. The number of aromatic nitrogens is 2. The molecule has 0 radical (unpaired) electrons. The molecule has 0 aliphatic carbocycles. The third-order valence-electron chi connectivity index (χ3n) is 4.93. The summed E-state index contributed by atoms with van der Waals surface area (Å²) in [6, 6.07) is 8.32. The minimum atomic E-state index is -0.0906. The largest absolute Gasteiger partial charge is 0.352 e. The van der Waals surface area contributed by atoms with Gasteiger partial charge >= 0.3 is 0 Å². The lowest BCUT2D eigenvalue weighted by Crippen LogP contribution is -2.37. The molecule has 0 spiro atoms. The van der Waals surface area contributed by atoms with Crippen LogP contribution >= 0.6 is 11.3 Å². The van der Waals surface area contributed by atoms with E-state index >= 15 is 0 Å². The van der Waals surface area contributed by atoms with Gasteiger partial charge in [0, 0.05) is 36.5 Å². The summed E-state index contributed by atoms with van der Waals surface area (Å²) in [5, 5.41) is 8.84. The summed E-state index contributed by atoms with van der Waals surface area (Å²) in [6.45, 7) is 4.12. The molecule has 1 saturated heterocycles. The fourth-order valence-corrected chi connectivity index (χ4v) is 4.28. The minimum absolute atomic E-state index is 0.0280. The SMILES string of the molecule is Cc1ccc(-c2csc3ncn(CCC(=O)NC4CCNC4)c(=O)c23)cc1. The van der Waals surface area contributed by atoms with Crippen LogP contribution in [0, 0.1) is 6.92 Å². The van der Waals surface area contributed by atoms with Crippen LogP contribution in [0.2, 0.25) is 0 Å². The molecule has 2 N–H and O–H groups in total. The molecule has 140 valence electrons. The Kier molecular flexibility index (Phi) is 5.05. The van der Waals surface area contributed by atoms with Crippen molar-refractivity contribution in [3.05, 3.63) is 51.9 Å². The van der Waals surface area contributed by atoms with Crippen molar-refractivity contribution in [2.45, 2.75) is 32.4 Å². The van der Waals surface area contributed by atoms with Crippen LogP contribution in [0.1, 0.15) is 18.4 Å². The lowest BCUT2D eigenvalue weighted by molar-refractivity contribution is -0.121. The molecule has 3 heterocycles. The van der Waals surface area contributed by atoms with Gasteiger partial charge < -0.3 is 10.6 Å². The van der Waals surface area contributed by atoms with Crippen molar-refractivity contribution in [3.8, 4) is 11.1 Å². The number of amides is 1. The zero-order chi connectivity index (χ0) is 18.8. The molecule has 1 amide bonds. The Bertz CT molecular complexity index is 1020. The maximum atomic E-state index is 13.0. The van der Waals surface area contributed by atoms with E-state index in [1.165, 1.54) is 16.9 Å². The quantitative estimate of drug-likeness (QED) is 0.710. The maximum Gasteiger partial charge on any atom is 0.262 e. The van der Waals surface area contributed by atoms with Crippen LogP contribution in [0.5, 0.6) is 0 Å². The summed E-state index contributed by atoms with van der Waals surface area (Å²) in [5.74, 6) is -0.0280. The van der Waals surface area contributed by atoms with Crippen LogP contribution in [-0.4, -0.2) is 34.6 Å². The van der Waals surface area contributed by atoms with Crippen molar-refractivity contribution < 1.29 is 4.79 Å². The number of aryl methyl sites for hydroxylation is 2. The van der Waals surface area contributed by atoms with E-state index in [4.69, 9.17) is 0 Å². The number of nitrogens with one attached hydrogen (secondary N) is 2. The Balaban J connectivity index is 1.56. The number of benzene rings is 1. The second-order valence-electron chi connectivity index (χ2n) is 6.95. The number of nitrogens with zero attached hydrogens (tertiary/aromatic N) is 2. The number of carbonyl (C=O) groups is 1. The zero-order valence-corrected chi connectivity index (χ0v) is 16.0. The van der Waals surface area contributed by atoms with E-state index in [2.05, 4.69) is 15.6 Å². The predicted octanol–water partition coefficient (Wildman–Crippen LogP) is 2.30. The summed E-state index contributed by atoms with van der Waals surface area (Å²) in [5.41, 5.74) is 3.00. The molecule has 1 atom stereocenters. The van der Waals surface area contributed by atoms with Crippen LogP contribution in [0.3, 0.4) is 0 Å². The molecule has 6 nitrogen and oxygen atoms in total. The molecular formula is C20H22N4O2S. The molecule has 27 heavy (non-hydrogen) atoms. The first-order chi connectivity index (χ1) is 13.1. The van der Waals surface area contributed by atoms with E-state index in [1.54, 1.807) is 10.9 Å². The number of hydrogen-bond donors (Lipinski definition) is 2. The third-order valence-corrected chi connectivity index (χ3v) is 5.81. The van der Waals surface area contributed by atoms with Crippen LogP contribution in [-0.2, 0) is 11.3 Å². The van der Waals surface area contributed by atoms with Gasteiger partial charge in [-0.2, -0.15) is 0 Å². The molecule has 1 aromatic carbocycles. The average molecular weight is 382 g/mol. The second-order valence-corrected chi connectivity index (χ2v) is 7.80. The number of rotatable bonds is 5. The highest BCUT2D eigenvalue weighted by molar-refractivity contribution is 7.17. The molecule has 0 bridgehead atoms. The van der Waals surface area contributed by atoms with Crippen molar-refractivity contribution in [2.24, 2.45) is 0 Å². The van der Waals surface area contributed by atoms with E-state index in [0.29, 0.717) is 11.9 Å². The van der Waals surface area contributed by atoms with E-state index < -0.39 is 0 Å². The van der Waals surface area contributed by atoms with Crippen LogP contribution in [0.4, 0.5) is 0 Å². The highest BCUT2D eigenvalue weighted by atomic mass is 32.1.